The van der Waals surface area contributed by atoms with Crippen LogP contribution < -0.4 is 5.32 Å². The number of imidazole rings is 1. The molecule has 2 aliphatic rings. The molecule has 3 nitrogen and oxygen atoms in total. The summed E-state index contributed by atoms with van der Waals surface area (Å²) < 4.78 is 2.12. The maximum Gasteiger partial charge on any atom is 0.193 e. The fourth-order valence-corrected chi connectivity index (χ4v) is 5.60. The lowest BCUT2D eigenvalue weighted by atomic mass is 9.68. The average molecular weight is 289 g/mol. The van der Waals surface area contributed by atoms with Crippen molar-refractivity contribution >= 4 is 16.3 Å². The molecule has 1 N–H and O–H groups in total. The Morgan fingerprint density at radius 2 is 2.30 bits per heavy atom. The molecular weight excluding hydrogens is 266 g/mol. The maximum absolute atomic E-state index is 4.69. The highest BCUT2D eigenvalue weighted by atomic mass is 32.1. The van der Waals surface area contributed by atoms with Gasteiger partial charge in [0.25, 0.3) is 0 Å². The number of aromatic nitrogens is 2. The number of fused-ring (bicyclic) bond motifs is 3. The second kappa shape index (κ2) is 4.08. The molecule has 2 saturated carbocycles. The molecule has 4 heteroatoms. The Hall–Kier alpha value is -0.870. The molecule has 108 valence electrons. The minimum Gasteiger partial charge on any atom is -0.307 e. The molecule has 0 amide bonds. The number of nitrogens with one attached hydrogen (secondary N) is 1. The van der Waals surface area contributed by atoms with E-state index in [1.165, 1.54) is 25.0 Å². The first-order chi connectivity index (χ1) is 9.49. The monoisotopic (exact) mass is 289 g/mol. The van der Waals surface area contributed by atoms with E-state index in [9.17, 15) is 0 Å². The molecule has 0 aliphatic heterocycles. The third-order valence-corrected chi connectivity index (χ3v) is 6.67. The lowest BCUT2D eigenvalue weighted by Gasteiger charge is -2.43. The molecule has 2 aromatic heterocycles. The molecule has 2 aliphatic carbocycles. The quantitative estimate of drug-likeness (QED) is 0.933. The van der Waals surface area contributed by atoms with Crippen molar-refractivity contribution in [3.05, 3.63) is 23.5 Å². The predicted octanol–water partition coefficient (Wildman–Crippen LogP) is 3.70. The van der Waals surface area contributed by atoms with Gasteiger partial charge >= 0.3 is 0 Å². The lowest BCUT2D eigenvalue weighted by Crippen LogP contribution is -2.49. The van der Waals surface area contributed by atoms with Gasteiger partial charge in [-0.25, -0.2) is 4.98 Å². The summed E-state index contributed by atoms with van der Waals surface area (Å²) in [4.78, 5) is 5.78. The Morgan fingerprint density at radius 1 is 1.45 bits per heavy atom. The van der Waals surface area contributed by atoms with Crippen molar-refractivity contribution in [1.82, 2.24) is 14.7 Å². The molecule has 2 fully saturated rings. The highest BCUT2D eigenvalue weighted by molar-refractivity contribution is 7.15. The number of rotatable bonds is 3. The molecular formula is C16H23N3S. The van der Waals surface area contributed by atoms with Gasteiger partial charge in [0.1, 0.15) is 0 Å². The second-order valence-electron chi connectivity index (χ2n) is 7.55. The fraction of sp³-hybridized carbons (Fsp3) is 0.688. The van der Waals surface area contributed by atoms with E-state index < -0.39 is 0 Å². The zero-order chi connectivity index (χ0) is 14.0. The van der Waals surface area contributed by atoms with Crippen molar-refractivity contribution in [3.8, 4) is 0 Å². The van der Waals surface area contributed by atoms with E-state index in [1.807, 2.05) is 0 Å². The molecule has 0 aromatic carbocycles. The molecule has 3 atom stereocenters. The van der Waals surface area contributed by atoms with Gasteiger partial charge in [-0.1, -0.05) is 20.8 Å². The topological polar surface area (TPSA) is 29.3 Å². The molecule has 0 radical (unpaired) electrons. The van der Waals surface area contributed by atoms with Crippen LogP contribution in [0.3, 0.4) is 0 Å². The molecule has 0 saturated heterocycles. The third-order valence-electron chi connectivity index (χ3n) is 5.90. The molecule has 2 heterocycles. The second-order valence-corrected chi connectivity index (χ2v) is 8.43. The minimum atomic E-state index is 0.421. The Bertz CT molecular complexity index is 608. The zero-order valence-electron chi connectivity index (χ0n) is 12.5. The van der Waals surface area contributed by atoms with Crippen LogP contribution in [0.5, 0.6) is 0 Å². The summed E-state index contributed by atoms with van der Waals surface area (Å²) in [7, 11) is 0. The van der Waals surface area contributed by atoms with Crippen LogP contribution in [0.15, 0.2) is 17.8 Å². The van der Waals surface area contributed by atoms with Gasteiger partial charge < -0.3 is 5.32 Å². The van der Waals surface area contributed by atoms with E-state index in [4.69, 9.17) is 0 Å². The van der Waals surface area contributed by atoms with Crippen molar-refractivity contribution < 1.29 is 0 Å². The van der Waals surface area contributed by atoms with E-state index in [0.29, 0.717) is 16.9 Å². The summed E-state index contributed by atoms with van der Waals surface area (Å²) in [5, 5.41) is 5.92. The normalized spacial score (nSPS) is 35.1. The lowest BCUT2D eigenvalue weighted by molar-refractivity contribution is 0.108. The van der Waals surface area contributed by atoms with Gasteiger partial charge in [-0.3, -0.25) is 4.40 Å². The van der Waals surface area contributed by atoms with Gasteiger partial charge in [-0.2, -0.15) is 0 Å². The van der Waals surface area contributed by atoms with E-state index in [0.717, 1.165) is 17.4 Å². The fourth-order valence-electron chi connectivity index (χ4n) is 4.88. The van der Waals surface area contributed by atoms with Gasteiger partial charge in [0.2, 0.25) is 0 Å². The molecule has 2 bridgehead atoms. The van der Waals surface area contributed by atoms with Crippen LogP contribution in [0.4, 0.5) is 0 Å². The third kappa shape index (κ3) is 1.70. The van der Waals surface area contributed by atoms with Crippen LogP contribution in [0.1, 0.15) is 45.7 Å². The van der Waals surface area contributed by atoms with E-state index in [-0.39, 0.29) is 0 Å². The first kappa shape index (κ1) is 12.8. The Balaban J connectivity index is 1.53. The van der Waals surface area contributed by atoms with Gasteiger partial charge in [0.05, 0.1) is 5.69 Å². The zero-order valence-corrected chi connectivity index (χ0v) is 13.3. The van der Waals surface area contributed by atoms with E-state index in [1.54, 1.807) is 11.3 Å². The number of thiazole rings is 1. The largest absolute Gasteiger partial charge is 0.307 e. The molecule has 20 heavy (non-hydrogen) atoms. The summed E-state index contributed by atoms with van der Waals surface area (Å²) in [5.74, 6) is 0.899. The summed E-state index contributed by atoms with van der Waals surface area (Å²) in [6.07, 6.45) is 8.44. The van der Waals surface area contributed by atoms with Crippen molar-refractivity contribution in [2.45, 2.75) is 52.6 Å². The highest BCUT2D eigenvalue weighted by Crippen LogP contribution is 2.62. The van der Waals surface area contributed by atoms with Crippen LogP contribution in [-0.2, 0) is 6.54 Å². The van der Waals surface area contributed by atoms with Gasteiger partial charge in [0, 0.05) is 30.4 Å². The van der Waals surface area contributed by atoms with Crippen LogP contribution in [0.25, 0.3) is 4.96 Å². The molecule has 4 rings (SSSR count). The number of nitrogens with zero attached hydrogens (tertiary/aromatic N) is 2. The maximum atomic E-state index is 4.69. The molecule has 2 aromatic rings. The van der Waals surface area contributed by atoms with E-state index >= 15 is 0 Å². The van der Waals surface area contributed by atoms with Gasteiger partial charge in [-0.05, 0) is 36.0 Å². The average Bonchev–Trinajstić information content (AvgIpc) is 3.04. The first-order valence-electron chi connectivity index (χ1n) is 7.63. The minimum absolute atomic E-state index is 0.421. The Morgan fingerprint density at radius 3 is 3.00 bits per heavy atom. The Kier molecular flexibility index (Phi) is 2.62. The first-order valence-corrected chi connectivity index (χ1v) is 8.51. The van der Waals surface area contributed by atoms with E-state index in [2.05, 4.69) is 53.2 Å². The Labute approximate surface area is 124 Å². The predicted molar refractivity (Wildman–Crippen MR) is 82.9 cm³/mol. The van der Waals surface area contributed by atoms with Crippen LogP contribution in [-0.4, -0.2) is 15.4 Å². The number of hydrogen-bond acceptors (Lipinski definition) is 3. The van der Waals surface area contributed by atoms with Crippen LogP contribution in [0.2, 0.25) is 0 Å². The smallest absolute Gasteiger partial charge is 0.193 e. The number of hydrogen-bond donors (Lipinski definition) is 1. The standard InChI is InChI=1S/C16H23N3S/c1-15(2)11-4-5-16(3,8-11)13(15)17-9-12-10-19-6-7-20-14(19)18-12/h6-7,10-11,13,17H,4-5,8-9H2,1-3H3. The molecule has 0 spiro atoms. The summed E-state index contributed by atoms with van der Waals surface area (Å²) >= 11 is 1.70. The molecule has 3 unspecified atom stereocenters. The van der Waals surface area contributed by atoms with Crippen molar-refractivity contribution in [2.75, 3.05) is 0 Å². The van der Waals surface area contributed by atoms with Crippen molar-refractivity contribution in [3.63, 3.8) is 0 Å². The summed E-state index contributed by atoms with van der Waals surface area (Å²) in [6.45, 7) is 8.27. The van der Waals surface area contributed by atoms with Crippen molar-refractivity contribution in [1.29, 1.82) is 0 Å². The van der Waals surface area contributed by atoms with Crippen LogP contribution in [0, 0.1) is 16.7 Å². The SMILES string of the molecule is CC12CCC(C1)C(C)(C)C2NCc1cn2ccsc2n1. The van der Waals surface area contributed by atoms with Gasteiger partial charge in [-0.15, -0.1) is 11.3 Å². The van der Waals surface area contributed by atoms with Crippen LogP contribution >= 0.6 is 11.3 Å². The summed E-state index contributed by atoms with van der Waals surface area (Å²) in [6, 6.07) is 0.619. The van der Waals surface area contributed by atoms with Crippen molar-refractivity contribution in [2.24, 2.45) is 16.7 Å². The van der Waals surface area contributed by atoms with Gasteiger partial charge in [0.15, 0.2) is 4.96 Å². The summed E-state index contributed by atoms with van der Waals surface area (Å²) in [5.41, 5.74) is 2.08. The highest BCUT2D eigenvalue weighted by Gasteiger charge is 2.58.